The molecule has 1 heteroatoms. The van der Waals surface area contributed by atoms with Crippen molar-refractivity contribution in [1.29, 1.82) is 0 Å². The Hall–Kier alpha value is -1.24. The fourth-order valence-corrected chi connectivity index (χ4v) is 3.21. The van der Waals surface area contributed by atoms with E-state index in [9.17, 15) is 0 Å². The lowest BCUT2D eigenvalue weighted by molar-refractivity contribution is 0.648. The fraction of sp³-hybridized carbons (Fsp3) is 0.600. The van der Waals surface area contributed by atoms with Crippen LogP contribution in [0.4, 0.5) is 0 Å². The molecule has 0 unspecified atom stereocenters. The molecule has 1 nitrogen and oxygen atoms in total. The molecular weight excluding hydrogens is 254 g/mol. The molecule has 1 N–H and O–H groups in total. The van der Waals surface area contributed by atoms with Gasteiger partial charge in [-0.1, -0.05) is 70.6 Å². The number of aromatic amines is 1. The molecule has 0 fully saturated rings. The molecule has 0 saturated heterocycles. The number of benzene rings is 1. The maximum absolute atomic E-state index is 3.68. The van der Waals surface area contributed by atoms with E-state index in [0.717, 1.165) is 0 Å². The van der Waals surface area contributed by atoms with Gasteiger partial charge in [0.05, 0.1) is 0 Å². The Kier molecular flexibility index (Phi) is 6.85. The van der Waals surface area contributed by atoms with Crippen LogP contribution in [0.25, 0.3) is 10.9 Å². The minimum absolute atomic E-state index is 1.22. The average molecular weight is 285 g/mol. The first-order chi connectivity index (χ1) is 10.4. The predicted molar refractivity (Wildman–Crippen MR) is 94.0 cm³/mol. The Bertz CT molecular complexity index is 524. The highest BCUT2D eigenvalue weighted by atomic mass is 14.7. The Morgan fingerprint density at radius 1 is 0.762 bits per heavy atom. The minimum Gasteiger partial charge on any atom is -0.358 e. The first kappa shape index (κ1) is 16.1. The lowest BCUT2D eigenvalue weighted by Gasteiger charge is -2.05. The second-order valence-electron chi connectivity index (χ2n) is 6.25. The minimum atomic E-state index is 1.22. The van der Waals surface area contributed by atoms with Crippen molar-refractivity contribution in [2.75, 3.05) is 0 Å². The summed E-state index contributed by atoms with van der Waals surface area (Å²) in [5.41, 5.74) is 4.43. The fourth-order valence-electron chi connectivity index (χ4n) is 3.21. The third-order valence-corrected chi connectivity index (χ3v) is 4.46. The van der Waals surface area contributed by atoms with E-state index in [1.54, 1.807) is 5.56 Å². The van der Waals surface area contributed by atoms with Crippen molar-refractivity contribution in [2.24, 2.45) is 0 Å². The average Bonchev–Trinajstić information content (AvgIpc) is 2.86. The lowest BCUT2D eigenvalue weighted by atomic mass is 10.0. The molecule has 0 saturated carbocycles. The lowest BCUT2D eigenvalue weighted by Crippen LogP contribution is -1.94. The molecule has 1 heterocycles. The Morgan fingerprint density at radius 2 is 1.43 bits per heavy atom. The van der Waals surface area contributed by atoms with Crippen LogP contribution in [0.15, 0.2) is 24.3 Å². The summed E-state index contributed by atoms with van der Waals surface area (Å²) in [6, 6.07) is 8.82. The van der Waals surface area contributed by atoms with Crippen LogP contribution >= 0.6 is 0 Å². The highest BCUT2D eigenvalue weighted by Crippen LogP contribution is 2.26. The molecule has 0 amide bonds. The number of rotatable bonds is 10. The quantitative estimate of drug-likeness (QED) is 0.485. The smallest absolute Gasteiger partial charge is 0.0458 e. The van der Waals surface area contributed by atoms with Crippen LogP contribution in [0, 0.1) is 0 Å². The van der Waals surface area contributed by atoms with Crippen molar-refractivity contribution in [1.82, 2.24) is 4.98 Å². The molecule has 0 bridgehead atoms. The molecule has 0 aliphatic carbocycles. The standard InChI is InChI=1S/C20H31N/c1-3-5-7-9-13-17-18-14-11-12-16-20(18)21-19(17)15-10-8-6-4-2/h11-12,14,16,21H,3-10,13,15H2,1-2H3. The van der Waals surface area contributed by atoms with Crippen LogP contribution in [-0.4, -0.2) is 4.98 Å². The van der Waals surface area contributed by atoms with Gasteiger partial charge in [-0.2, -0.15) is 0 Å². The molecule has 21 heavy (non-hydrogen) atoms. The van der Waals surface area contributed by atoms with Crippen LogP contribution in [0.5, 0.6) is 0 Å². The zero-order valence-electron chi connectivity index (χ0n) is 13.9. The maximum Gasteiger partial charge on any atom is 0.0458 e. The van der Waals surface area contributed by atoms with Gasteiger partial charge in [-0.05, 0) is 37.3 Å². The number of aryl methyl sites for hydroxylation is 2. The maximum atomic E-state index is 3.68. The summed E-state index contributed by atoms with van der Waals surface area (Å²) in [7, 11) is 0. The molecular formula is C20H31N. The van der Waals surface area contributed by atoms with Crippen molar-refractivity contribution in [3.8, 4) is 0 Å². The zero-order valence-corrected chi connectivity index (χ0v) is 13.9. The summed E-state index contributed by atoms with van der Waals surface area (Å²) in [6.07, 6.45) is 13.2. The van der Waals surface area contributed by atoms with Gasteiger partial charge in [-0.15, -0.1) is 0 Å². The largest absolute Gasteiger partial charge is 0.358 e. The van der Waals surface area contributed by atoms with E-state index in [4.69, 9.17) is 0 Å². The number of hydrogen-bond acceptors (Lipinski definition) is 0. The molecule has 2 rings (SSSR count). The van der Waals surface area contributed by atoms with Gasteiger partial charge in [0, 0.05) is 16.6 Å². The molecule has 1 aromatic heterocycles. The normalized spacial score (nSPS) is 11.3. The number of para-hydroxylation sites is 1. The van der Waals surface area contributed by atoms with Gasteiger partial charge in [-0.25, -0.2) is 0 Å². The first-order valence-corrected chi connectivity index (χ1v) is 8.95. The molecule has 116 valence electrons. The van der Waals surface area contributed by atoms with Crippen LogP contribution in [-0.2, 0) is 12.8 Å². The number of aromatic nitrogens is 1. The van der Waals surface area contributed by atoms with Crippen LogP contribution in [0.3, 0.4) is 0 Å². The van der Waals surface area contributed by atoms with Gasteiger partial charge >= 0.3 is 0 Å². The van der Waals surface area contributed by atoms with E-state index in [1.165, 1.54) is 80.8 Å². The second-order valence-corrected chi connectivity index (χ2v) is 6.25. The van der Waals surface area contributed by atoms with Gasteiger partial charge in [0.2, 0.25) is 0 Å². The number of nitrogens with one attached hydrogen (secondary N) is 1. The van der Waals surface area contributed by atoms with Crippen LogP contribution < -0.4 is 0 Å². The third-order valence-electron chi connectivity index (χ3n) is 4.46. The summed E-state index contributed by atoms with van der Waals surface area (Å²) < 4.78 is 0. The molecule has 0 aliphatic heterocycles. The van der Waals surface area contributed by atoms with Crippen LogP contribution in [0.1, 0.15) is 76.5 Å². The van der Waals surface area contributed by atoms with Crippen molar-refractivity contribution in [2.45, 2.75) is 78.1 Å². The van der Waals surface area contributed by atoms with Gasteiger partial charge in [-0.3, -0.25) is 0 Å². The highest BCUT2D eigenvalue weighted by Gasteiger charge is 2.10. The molecule has 2 aromatic rings. The van der Waals surface area contributed by atoms with Crippen molar-refractivity contribution in [3.05, 3.63) is 35.5 Å². The Morgan fingerprint density at radius 3 is 2.14 bits per heavy atom. The molecule has 0 aliphatic rings. The third kappa shape index (κ3) is 4.62. The first-order valence-electron chi connectivity index (χ1n) is 8.95. The summed E-state index contributed by atoms with van der Waals surface area (Å²) in [6.45, 7) is 4.56. The summed E-state index contributed by atoms with van der Waals surface area (Å²) in [4.78, 5) is 3.68. The van der Waals surface area contributed by atoms with E-state index in [-0.39, 0.29) is 0 Å². The van der Waals surface area contributed by atoms with Crippen LogP contribution in [0.2, 0.25) is 0 Å². The Balaban J connectivity index is 2.06. The van der Waals surface area contributed by atoms with E-state index < -0.39 is 0 Å². The van der Waals surface area contributed by atoms with Gasteiger partial charge in [0.15, 0.2) is 0 Å². The van der Waals surface area contributed by atoms with Gasteiger partial charge in [0.1, 0.15) is 0 Å². The second kappa shape index (κ2) is 8.92. The number of H-pyrrole nitrogens is 1. The molecule has 1 aromatic carbocycles. The topological polar surface area (TPSA) is 15.8 Å². The molecule has 0 radical (unpaired) electrons. The van der Waals surface area contributed by atoms with Crippen molar-refractivity contribution in [3.63, 3.8) is 0 Å². The summed E-state index contributed by atoms with van der Waals surface area (Å²) in [5, 5.41) is 1.46. The number of fused-ring (bicyclic) bond motifs is 1. The SMILES string of the molecule is CCCCCCc1[nH]c2ccccc2c1CCCCCC. The van der Waals surface area contributed by atoms with E-state index in [1.807, 2.05) is 0 Å². The predicted octanol–water partition coefficient (Wildman–Crippen LogP) is 6.41. The number of hydrogen-bond donors (Lipinski definition) is 1. The van der Waals surface area contributed by atoms with Crippen molar-refractivity contribution >= 4 is 10.9 Å². The van der Waals surface area contributed by atoms with E-state index >= 15 is 0 Å². The molecule has 0 spiro atoms. The zero-order chi connectivity index (χ0) is 14.9. The van der Waals surface area contributed by atoms with E-state index in [2.05, 4.69) is 43.1 Å². The molecule has 0 atom stereocenters. The summed E-state index contributed by atoms with van der Waals surface area (Å²) >= 11 is 0. The van der Waals surface area contributed by atoms with Gasteiger partial charge < -0.3 is 4.98 Å². The summed E-state index contributed by atoms with van der Waals surface area (Å²) in [5.74, 6) is 0. The highest BCUT2D eigenvalue weighted by molar-refractivity contribution is 5.84. The Labute approximate surface area is 130 Å². The monoisotopic (exact) mass is 285 g/mol. The van der Waals surface area contributed by atoms with E-state index in [0.29, 0.717) is 0 Å². The number of unbranched alkanes of at least 4 members (excludes halogenated alkanes) is 6. The van der Waals surface area contributed by atoms with Gasteiger partial charge in [0.25, 0.3) is 0 Å². The van der Waals surface area contributed by atoms with Crippen molar-refractivity contribution < 1.29 is 0 Å².